The summed E-state index contributed by atoms with van der Waals surface area (Å²) in [6, 6.07) is 17.1. The van der Waals surface area contributed by atoms with E-state index in [1.807, 2.05) is 49.4 Å². The van der Waals surface area contributed by atoms with E-state index in [-0.39, 0.29) is 0 Å². The number of carbonyl (C=O) groups is 1. The molecule has 3 nitrogen and oxygen atoms in total. The second-order valence-electron chi connectivity index (χ2n) is 4.53. The van der Waals surface area contributed by atoms with Crippen LogP contribution in [0.1, 0.15) is 16.1 Å². The van der Waals surface area contributed by atoms with Gasteiger partial charge in [-0.05, 0) is 19.1 Å². The van der Waals surface area contributed by atoms with Crippen molar-refractivity contribution in [3.05, 3.63) is 65.9 Å². The van der Waals surface area contributed by atoms with Crippen LogP contribution in [-0.2, 0) is 0 Å². The normalized spacial score (nSPS) is 10.4. The van der Waals surface area contributed by atoms with Gasteiger partial charge in [0, 0.05) is 16.7 Å². The van der Waals surface area contributed by atoms with Gasteiger partial charge in [-0.15, -0.1) is 0 Å². The third-order valence-corrected chi connectivity index (χ3v) is 3.14. The fraction of sp³-hybridized carbons (Fsp3) is 0.0588. The molecule has 0 atom stereocenters. The van der Waals surface area contributed by atoms with Gasteiger partial charge in [-0.2, -0.15) is 0 Å². The predicted octanol–water partition coefficient (Wildman–Crippen LogP) is 4.13. The van der Waals surface area contributed by atoms with Gasteiger partial charge >= 0.3 is 0 Å². The molecule has 0 unspecified atom stereocenters. The Morgan fingerprint density at radius 3 is 2.30 bits per heavy atom. The largest absolute Gasteiger partial charge is 0.441 e. The highest BCUT2D eigenvalue weighted by atomic mass is 16.4. The standard InChI is InChI=1S/C17H13NO2/c1-12-16(14-9-7-13(11-19)8-10-14)18-17(20-12)15-5-3-2-4-6-15/h2-11H,1H3. The van der Waals surface area contributed by atoms with Gasteiger partial charge in [0.1, 0.15) is 17.7 Å². The number of aldehydes is 1. The summed E-state index contributed by atoms with van der Waals surface area (Å²) >= 11 is 0. The Balaban J connectivity index is 2.02. The first-order valence-electron chi connectivity index (χ1n) is 6.36. The van der Waals surface area contributed by atoms with Crippen molar-refractivity contribution < 1.29 is 9.21 Å². The van der Waals surface area contributed by atoms with Gasteiger partial charge in [-0.25, -0.2) is 4.98 Å². The number of aromatic nitrogens is 1. The summed E-state index contributed by atoms with van der Waals surface area (Å²) in [5.41, 5.74) is 3.35. The monoisotopic (exact) mass is 263 g/mol. The molecule has 1 aromatic heterocycles. The van der Waals surface area contributed by atoms with Crippen LogP contribution in [0.2, 0.25) is 0 Å². The van der Waals surface area contributed by atoms with E-state index in [1.165, 1.54) is 0 Å². The number of hydrogen-bond donors (Lipinski definition) is 0. The molecule has 3 heteroatoms. The molecule has 0 aliphatic rings. The molecule has 3 rings (SSSR count). The van der Waals surface area contributed by atoms with Crippen LogP contribution in [0.3, 0.4) is 0 Å². The van der Waals surface area contributed by atoms with E-state index in [0.29, 0.717) is 11.5 Å². The fourth-order valence-electron chi connectivity index (χ4n) is 2.09. The Labute approximate surface area is 116 Å². The molecule has 0 amide bonds. The third kappa shape index (κ3) is 2.26. The third-order valence-electron chi connectivity index (χ3n) is 3.14. The van der Waals surface area contributed by atoms with E-state index in [2.05, 4.69) is 4.98 Å². The summed E-state index contributed by atoms with van der Waals surface area (Å²) in [4.78, 5) is 15.2. The lowest BCUT2D eigenvalue weighted by Gasteiger charge is -1.97. The summed E-state index contributed by atoms with van der Waals surface area (Å²) < 4.78 is 5.73. The number of carbonyl (C=O) groups excluding carboxylic acids is 1. The van der Waals surface area contributed by atoms with E-state index in [9.17, 15) is 4.79 Å². The lowest BCUT2D eigenvalue weighted by atomic mass is 10.1. The molecular formula is C17H13NO2. The fourth-order valence-corrected chi connectivity index (χ4v) is 2.09. The highest BCUT2D eigenvalue weighted by Crippen LogP contribution is 2.28. The first-order chi connectivity index (χ1) is 9.78. The minimum absolute atomic E-state index is 0.609. The van der Waals surface area contributed by atoms with Gasteiger partial charge in [0.25, 0.3) is 0 Å². The number of rotatable bonds is 3. The molecule has 0 aliphatic heterocycles. The van der Waals surface area contributed by atoms with E-state index in [1.54, 1.807) is 12.1 Å². The number of benzene rings is 2. The Bertz CT molecular complexity index is 727. The molecule has 3 aromatic rings. The zero-order chi connectivity index (χ0) is 13.9. The van der Waals surface area contributed by atoms with Crippen molar-refractivity contribution in [2.75, 3.05) is 0 Å². The Morgan fingerprint density at radius 1 is 0.950 bits per heavy atom. The molecule has 0 bridgehead atoms. The molecule has 0 fully saturated rings. The van der Waals surface area contributed by atoms with E-state index in [0.717, 1.165) is 28.9 Å². The minimum atomic E-state index is 0.609. The van der Waals surface area contributed by atoms with E-state index in [4.69, 9.17) is 4.42 Å². The van der Waals surface area contributed by atoms with Crippen molar-refractivity contribution in [3.8, 4) is 22.7 Å². The van der Waals surface area contributed by atoms with Crippen LogP contribution in [0.25, 0.3) is 22.7 Å². The average molecular weight is 263 g/mol. The highest BCUT2D eigenvalue weighted by molar-refractivity contribution is 5.76. The second kappa shape index (κ2) is 5.13. The van der Waals surface area contributed by atoms with Crippen molar-refractivity contribution in [3.63, 3.8) is 0 Å². The van der Waals surface area contributed by atoms with Crippen molar-refractivity contribution in [2.24, 2.45) is 0 Å². The van der Waals surface area contributed by atoms with Crippen molar-refractivity contribution in [1.29, 1.82) is 0 Å². The van der Waals surface area contributed by atoms with Crippen LogP contribution < -0.4 is 0 Å². The maximum absolute atomic E-state index is 10.7. The molecule has 0 radical (unpaired) electrons. The molecule has 98 valence electrons. The van der Waals surface area contributed by atoms with Gasteiger partial charge in [-0.1, -0.05) is 42.5 Å². The van der Waals surface area contributed by atoms with Crippen LogP contribution in [0.15, 0.2) is 59.0 Å². The van der Waals surface area contributed by atoms with Crippen molar-refractivity contribution >= 4 is 6.29 Å². The van der Waals surface area contributed by atoms with Gasteiger partial charge < -0.3 is 4.42 Å². The molecule has 0 saturated heterocycles. The number of nitrogens with zero attached hydrogens (tertiary/aromatic N) is 1. The van der Waals surface area contributed by atoms with E-state index < -0.39 is 0 Å². The Hall–Kier alpha value is -2.68. The summed E-state index contributed by atoms with van der Waals surface area (Å²) in [5.74, 6) is 1.38. The van der Waals surface area contributed by atoms with Crippen LogP contribution in [0.4, 0.5) is 0 Å². The van der Waals surface area contributed by atoms with Crippen LogP contribution >= 0.6 is 0 Å². The molecule has 2 aromatic carbocycles. The predicted molar refractivity (Wildman–Crippen MR) is 77.5 cm³/mol. The number of oxazole rings is 1. The maximum atomic E-state index is 10.7. The van der Waals surface area contributed by atoms with Gasteiger partial charge in [0.2, 0.25) is 5.89 Å². The Kier molecular flexibility index (Phi) is 3.17. The number of aryl methyl sites for hydroxylation is 1. The maximum Gasteiger partial charge on any atom is 0.226 e. The highest BCUT2D eigenvalue weighted by Gasteiger charge is 2.12. The minimum Gasteiger partial charge on any atom is -0.441 e. The summed E-state index contributed by atoms with van der Waals surface area (Å²) in [6.07, 6.45) is 0.828. The second-order valence-corrected chi connectivity index (χ2v) is 4.53. The SMILES string of the molecule is Cc1oc(-c2ccccc2)nc1-c1ccc(C=O)cc1. The zero-order valence-corrected chi connectivity index (χ0v) is 11.0. The quantitative estimate of drug-likeness (QED) is 0.667. The molecule has 20 heavy (non-hydrogen) atoms. The first kappa shape index (κ1) is 12.4. The lowest BCUT2D eigenvalue weighted by molar-refractivity contribution is 0.112. The van der Waals surface area contributed by atoms with Crippen molar-refractivity contribution in [2.45, 2.75) is 6.92 Å². The average Bonchev–Trinajstić information content (AvgIpc) is 2.90. The van der Waals surface area contributed by atoms with Crippen molar-refractivity contribution in [1.82, 2.24) is 4.98 Å². The molecule has 1 heterocycles. The summed E-state index contributed by atoms with van der Waals surface area (Å²) in [6.45, 7) is 1.89. The molecule has 0 saturated carbocycles. The van der Waals surface area contributed by atoms with Gasteiger partial charge in [0.05, 0.1) is 0 Å². The zero-order valence-electron chi connectivity index (χ0n) is 11.0. The van der Waals surface area contributed by atoms with E-state index >= 15 is 0 Å². The first-order valence-corrected chi connectivity index (χ1v) is 6.36. The summed E-state index contributed by atoms with van der Waals surface area (Å²) in [5, 5.41) is 0. The molecular weight excluding hydrogens is 250 g/mol. The Morgan fingerprint density at radius 2 is 1.65 bits per heavy atom. The van der Waals surface area contributed by atoms with Crippen LogP contribution in [-0.4, -0.2) is 11.3 Å². The summed E-state index contributed by atoms with van der Waals surface area (Å²) in [7, 11) is 0. The smallest absolute Gasteiger partial charge is 0.226 e. The van der Waals surface area contributed by atoms with Gasteiger partial charge in [-0.3, -0.25) is 4.79 Å². The molecule has 0 aliphatic carbocycles. The molecule has 0 spiro atoms. The van der Waals surface area contributed by atoms with Gasteiger partial charge in [0.15, 0.2) is 0 Å². The lowest BCUT2D eigenvalue weighted by Crippen LogP contribution is -1.83. The topological polar surface area (TPSA) is 43.1 Å². The number of hydrogen-bond acceptors (Lipinski definition) is 3. The molecule has 0 N–H and O–H groups in total. The van der Waals surface area contributed by atoms with Crippen LogP contribution in [0, 0.1) is 6.92 Å². The van der Waals surface area contributed by atoms with Crippen LogP contribution in [0.5, 0.6) is 0 Å².